The molecule has 1 aromatic heterocycles. The first-order chi connectivity index (χ1) is 14.3. The largest absolute Gasteiger partial charge is 0.360 e. The Morgan fingerprint density at radius 2 is 1.97 bits per heavy atom. The van der Waals surface area contributed by atoms with Crippen LogP contribution in [0.3, 0.4) is 0 Å². The second-order valence-electron chi connectivity index (χ2n) is 6.47. The van der Waals surface area contributed by atoms with E-state index in [4.69, 9.17) is 16.1 Å². The van der Waals surface area contributed by atoms with Gasteiger partial charge in [0.05, 0.1) is 22.8 Å². The normalized spacial score (nSPS) is 10.7. The van der Waals surface area contributed by atoms with Crippen LogP contribution in [0.15, 0.2) is 51.9 Å². The van der Waals surface area contributed by atoms with E-state index in [9.17, 15) is 14.0 Å². The molecular weight excluding hydrogens is 429 g/mol. The minimum Gasteiger partial charge on any atom is -0.360 e. The third kappa shape index (κ3) is 4.49. The van der Waals surface area contributed by atoms with Gasteiger partial charge in [-0.2, -0.15) is 0 Å². The highest BCUT2D eigenvalue weighted by molar-refractivity contribution is 7.98. The molecule has 2 amide bonds. The summed E-state index contributed by atoms with van der Waals surface area (Å²) in [4.78, 5) is 27.6. The van der Waals surface area contributed by atoms with Crippen LogP contribution in [-0.2, 0) is 4.79 Å². The maximum absolute atomic E-state index is 14.4. The molecule has 156 valence electrons. The molecule has 1 N–H and O–H groups in total. The van der Waals surface area contributed by atoms with E-state index in [1.54, 1.807) is 13.0 Å². The van der Waals surface area contributed by atoms with Crippen LogP contribution in [0.5, 0.6) is 0 Å². The highest BCUT2D eigenvalue weighted by atomic mass is 35.5. The maximum Gasteiger partial charge on any atom is 0.259 e. The van der Waals surface area contributed by atoms with Crippen molar-refractivity contribution >= 4 is 40.9 Å². The number of carbonyl (C=O) groups excluding carboxylic acids is 2. The highest BCUT2D eigenvalue weighted by Gasteiger charge is 2.28. The van der Waals surface area contributed by atoms with E-state index < -0.39 is 11.7 Å². The lowest BCUT2D eigenvalue weighted by molar-refractivity contribution is -0.116. The number of rotatable bonds is 6. The maximum atomic E-state index is 14.4. The van der Waals surface area contributed by atoms with E-state index in [0.717, 1.165) is 4.90 Å². The van der Waals surface area contributed by atoms with E-state index in [2.05, 4.69) is 10.5 Å². The van der Waals surface area contributed by atoms with E-state index in [-0.39, 0.29) is 40.1 Å². The molecule has 0 saturated heterocycles. The molecule has 6 nitrogen and oxygen atoms in total. The van der Waals surface area contributed by atoms with Crippen LogP contribution < -0.4 is 5.32 Å². The predicted molar refractivity (Wildman–Crippen MR) is 115 cm³/mol. The molecule has 0 radical (unpaired) electrons. The third-order valence-electron chi connectivity index (χ3n) is 4.38. The molecule has 0 aliphatic rings. The Balaban J connectivity index is 1.82. The number of nitrogens with zero attached hydrogens (tertiary/aromatic N) is 2. The molecule has 0 saturated carbocycles. The lowest BCUT2D eigenvalue weighted by Crippen LogP contribution is -2.35. The smallest absolute Gasteiger partial charge is 0.259 e. The molecule has 0 aliphatic carbocycles. The van der Waals surface area contributed by atoms with Crippen LogP contribution >= 0.6 is 23.4 Å². The Kier molecular flexibility index (Phi) is 6.79. The summed E-state index contributed by atoms with van der Waals surface area (Å²) >= 11 is 7.62. The number of aryl methyl sites for hydroxylation is 1. The zero-order valence-corrected chi connectivity index (χ0v) is 18.1. The van der Waals surface area contributed by atoms with Gasteiger partial charge in [0.15, 0.2) is 0 Å². The molecular formula is C21H19ClFN3O3S. The first-order valence-corrected chi connectivity index (χ1v) is 10.5. The fourth-order valence-electron chi connectivity index (χ4n) is 2.93. The molecule has 1 heterocycles. The van der Waals surface area contributed by atoms with Crippen LogP contribution in [0.2, 0.25) is 5.02 Å². The van der Waals surface area contributed by atoms with Crippen molar-refractivity contribution in [3.8, 4) is 11.3 Å². The van der Waals surface area contributed by atoms with Crippen molar-refractivity contribution in [1.29, 1.82) is 0 Å². The van der Waals surface area contributed by atoms with Gasteiger partial charge in [0.2, 0.25) is 5.91 Å². The number of anilines is 1. The quantitative estimate of drug-likeness (QED) is 0.545. The van der Waals surface area contributed by atoms with E-state index in [0.29, 0.717) is 5.69 Å². The number of carbonyl (C=O) groups is 2. The zero-order valence-electron chi connectivity index (χ0n) is 16.5. The second-order valence-corrected chi connectivity index (χ2v) is 7.72. The van der Waals surface area contributed by atoms with E-state index in [1.165, 1.54) is 41.9 Å². The molecule has 0 fully saturated rings. The topological polar surface area (TPSA) is 75.4 Å². The summed E-state index contributed by atoms with van der Waals surface area (Å²) in [5.41, 5.74) is 0.698. The number of benzene rings is 2. The zero-order chi connectivity index (χ0) is 21.8. The standard InChI is InChI=1S/C21H19ClFN3O3S/c1-12-18(20(25-29-12)19-13(22)7-6-8-14(19)23)21(28)26(2)11-17(27)24-15-9-4-5-10-16(15)30-3/h4-10H,11H2,1-3H3,(H,24,27). The predicted octanol–water partition coefficient (Wildman–Crippen LogP) is 4.88. The monoisotopic (exact) mass is 447 g/mol. The van der Waals surface area contributed by atoms with Crippen LogP contribution in [0, 0.1) is 12.7 Å². The number of nitrogens with one attached hydrogen (secondary N) is 1. The third-order valence-corrected chi connectivity index (χ3v) is 5.50. The molecule has 0 bridgehead atoms. The summed E-state index contributed by atoms with van der Waals surface area (Å²) in [6.45, 7) is 1.33. The number of likely N-dealkylation sites (N-methyl/N-ethyl adjacent to an activating group) is 1. The van der Waals surface area contributed by atoms with Gasteiger partial charge in [0.1, 0.15) is 22.8 Å². The summed E-state index contributed by atoms with van der Waals surface area (Å²) in [6, 6.07) is 11.5. The van der Waals surface area contributed by atoms with Gasteiger partial charge in [0, 0.05) is 11.9 Å². The molecule has 2 aromatic carbocycles. The van der Waals surface area contributed by atoms with Gasteiger partial charge in [-0.15, -0.1) is 11.8 Å². The van der Waals surface area contributed by atoms with Gasteiger partial charge in [-0.25, -0.2) is 4.39 Å². The molecule has 3 rings (SSSR count). The summed E-state index contributed by atoms with van der Waals surface area (Å²) in [5, 5.41) is 6.73. The molecule has 0 atom stereocenters. The van der Waals surface area contributed by atoms with Crippen molar-refractivity contribution in [2.45, 2.75) is 11.8 Å². The number of para-hydroxylation sites is 1. The van der Waals surface area contributed by atoms with Crippen molar-refractivity contribution in [2.24, 2.45) is 0 Å². The van der Waals surface area contributed by atoms with Crippen molar-refractivity contribution in [2.75, 3.05) is 25.2 Å². The van der Waals surface area contributed by atoms with Gasteiger partial charge < -0.3 is 14.7 Å². The van der Waals surface area contributed by atoms with E-state index in [1.807, 2.05) is 24.5 Å². The van der Waals surface area contributed by atoms with Crippen molar-refractivity contribution in [1.82, 2.24) is 10.1 Å². The number of thioether (sulfide) groups is 1. The lowest BCUT2D eigenvalue weighted by Gasteiger charge is -2.18. The average molecular weight is 448 g/mol. The van der Waals surface area contributed by atoms with Gasteiger partial charge >= 0.3 is 0 Å². The Labute approximate surface area is 182 Å². The first-order valence-electron chi connectivity index (χ1n) is 8.92. The fraction of sp³-hybridized carbons (Fsp3) is 0.190. The SMILES string of the molecule is CSc1ccccc1NC(=O)CN(C)C(=O)c1c(-c2c(F)cccc2Cl)noc1C. The minimum atomic E-state index is -0.626. The van der Waals surface area contributed by atoms with E-state index >= 15 is 0 Å². The molecule has 0 unspecified atom stereocenters. The van der Waals surface area contributed by atoms with Crippen molar-refractivity contribution in [3.05, 3.63) is 64.6 Å². The first kappa shape index (κ1) is 21.9. The lowest BCUT2D eigenvalue weighted by atomic mass is 10.0. The van der Waals surface area contributed by atoms with Crippen molar-refractivity contribution < 1.29 is 18.5 Å². The number of hydrogen-bond acceptors (Lipinski definition) is 5. The number of hydrogen-bond donors (Lipinski definition) is 1. The molecule has 0 aliphatic heterocycles. The summed E-state index contributed by atoms with van der Waals surface area (Å²) in [5.74, 6) is -1.32. The Hall–Kier alpha value is -2.84. The molecule has 0 spiro atoms. The Morgan fingerprint density at radius 3 is 2.67 bits per heavy atom. The minimum absolute atomic E-state index is 0.000543. The second kappa shape index (κ2) is 9.32. The summed E-state index contributed by atoms with van der Waals surface area (Å²) in [7, 11) is 1.47. The highest BCUT2D eigenvalue weighted by Crippen LogP contribution is 2.34. The molecule has 9 heteroatoms. The van der Waals surface area contributed by atoms with Gasteiger partial charge in [-0.3, -0.25) is 9.59 Å². The van der Waals surface area contributed by atoms with Crippen LogP contribution in [-0.4, -0.2) is 41.7 Å². The van der Waals surface area contributed by atoms with Crippen LogP contribution in [0.4, 0.5) is 10.1 Å². The number of aromatic nitrogens is 1. The number of amides is 2. The Morgan fingerprint density at radius 1 is 1.23 bits per heavy atom. The van der Waals surface area contributed by atoms with Gasteiger partial charge in [-0.1, -0.05) is 35.0 Å². The van der Waals surface area contributed by atoms with Crippen LogP contribution in [0.1, 0.15) is 16.1 Å². The Bertz CT molecular complexity index is 1080. The summed E-state index contributed by atoms with van der Waals surface area (Å²) < 4.78 is 19.5. The van der Waals surface area contributed by atoms with Crippen molar-refractivity contribution in [3.63, 3.8) is 0 Å². The van der Waals surface area contributed by atoms with Crippen LogP contribution in [0.25, 0.3) is 11.3 Å². The summed E-state index contributed by atoms with van der Waals surface area (Å²) in [6.07, 6.45) is 1.91. The fourth-order valence-corrected chi connectivity index (χ4v) is 3.74. The number of halogens is 2. The average Bonchev–Trinajstić information content (AvgIpc) is 3.08. The molecule has 30 heavy (non-hydrogen) atoms. The van der Waals surface area contributed by atoms with Gasteiger partial charge in [-0.05, 0) is 37.4 Å². The van der Waals surface area contributed by atoms with Gasteiger partial charge in [0.25, 0.3) is 5.91 Å². The molecule has 3 aromatic rings.